The van der Waals surface area contributed by atoms with Crippen molar-refractivity contribution in [3.8, 4) is 0 Å². The zero-order valence-electron chi connectivity index (χ0n) is 17.0. The van der Waals surface area contributed by atoms with Gasteiger partial charge in [0.25, 0.3) is 0 Å². The lowest BCUT2D eigenvalue weighted by atomic mass is 10.2. The summed E-state index contributed by atoms with van der Waals surface area (Å²) in [5.41, 5.74) is 1.18. The van der Waals surface area contributed by atoms with Crippen LogP contribution in [-0.4, -0.2) is 65.1 Å². The van der Waals surface area contributed by atoms with Gasteiger partial charge in [0.05, 0.1) is 13.2 Å². The first-order valence-electron chi connectivity index (χ1n) is 9.85. The summed E-state index contributed by atoms with van der Waals surface area (Å²) in [7, 11) is 1.69. The molecule has 0 bridgehead atoms. The van der Waals surface area contributed by atoms with Gasteiger partial charge in [-0.2, -0.15) is 0 Å². The van der Waals surface area contributed by atoms with Crippen LogP contribution in [0.25, 0.3) is 0 Å². The summed E-state index contributed by atoms with van der Waals surface area (Å²) in [6, 6.07) is 8.44. The van der Waals surface area contributed by atoms with E-state index in [0.29, 0.717) is 19.3 Å². The topological polar surface area (TPSA) is 58.1 Å². The Bertz CT molecular complexity index is 577. The summed E-state index contributed by atoms with van der Waals surface area (Å²) >= 11 is 6.12. The van der Waals surface area contributed by atoms with Gasteiger partial charge in [-0.3, -0.25) is 4.99 Å². The van der Waals surface area contributed by atoms with Crippen LogP contribution < -0.4 is 15.5 Å². The van der Waals surface area contributed by atoms with Crippen LogP contribution in [0.5, 0.6) is 0 Å². The van der Waals surface area contributed by atoms with Crippen LogP contribution in [0.2, 0.25) is 5.02 Å². The number of hydrogen-bond donors (Lipinski definition) is 2. The fourth-order valence-electron chi connectivity index (χ4n) is 3.05. The lowest BCUT2D eigenvalue weighted by Gasteiger charge is -2.20. The van der Waals surface area contributed by atoms with Gasteiger partial charge in [-0.05, 0) is 44.4 Å². The van der Waals surface area contributed by atoms with Gasteiger partial charge < -0.3 is 25.0 Å². The zero-order chi connectivity index (χ0) is 19.3. The molecule has 1 aliphatic rings. The number of aliphatic imine (C=N–C) groups is 1. The van der Waals surface area contributed by atoms with E-state index in [2.05, 4.69) is 28.5 Å². The molecule has 1 saturated heterocycles. The van der Waals surface area contributed by atoms with Crippen molar-refractivity contribution in [2.24, 2.45) is 4.99 Å². The lowest BCUT2D eigenvalue weighted by Crippen LogP contribution is -2.44. The summed E-state index contributed by atoms with van der Waals surface area (Å²) in [4.78, 5) is 7.06. The maximum absolute atomic E-state index is 6.12. The molecule has 8 heteroatoms. The van der Waals surface area contributed by atoms with Crippen LogP contribution >= 0.6 is 35.6 Å². The molecule has 1 aromatic carbocycles. The highest BCUT2D eigenvalue weighted by Gasteiger charge is 2.23. The minimum atomic E-state index is 0. The van der Waals surface area contributed by atoms with Crippen molar-refractivity contribution in [3.63, 3.8) is 0 Å². The Kier molecular flexibility index (Phi) is 13.6. The third kappa shape index (κ3) is 9.62. The number of nitrogens with zero attached hydrogens (tertiary/aromatic N) is 2. The van der Waals surface area contributed by atoms with E-state index >= 15 is 0 Å². The zero-order valence-corrected chi connectivity index (χ0v) is 20.0. The Morgan fingerprint density at radius 1 is 1.29 bits per heavy atom. The highest BCUT2D eigenvalue weighted by molar-refractivity contribution is 14.0. The Balaban J connectivity index is 0.00000392. The van der Waals surface area contributed by atoms with E-state index < -0.39 is 0 Å². The van der Waals surface area contributed by atoms with Gasteiger partial charge in [-0.1, -0.05) is 17.7 Å². The van der Waals surface area contributed by atoms with Gasteiger partial charge >= 0.3 is 0 Å². The van der Waals surface area contributed by atoms with E-state index in [1.165, 1.54) is 5.69 Å². The Morgan fingerprint density at radius 3 is 2.89 bits per heavy atom. The number of ether oxygens (including phenoxy) is 2. The molecule has 1 atom stereocenters. The highest BCUT2D eigenvalue weighted by atomic mass is 127. The predicted molar refractivity (Wildman–Crippen MR) is 129 cm³/mol. The standard InChI is InChI=1S/C20H33ClN4O2.HI/c1-3-22-20(23-10-4-5-12-27-14-13-26-2)24-18-9-11-25(16-18)19-8-6-7-17(21)15-19;/h6-8,15,18H,3-5,9-14,16H2,1-2H3,(H2,22,23,24);1H. The molecular formula is C20H34ClIN4O2. The number of guanidine groups is 1. The molecule has 1 aromatic rings. The minimum Gasteiger partial charge on any atom is -0.382 e. The van der Waals surface area contributed by atoms with Crippen LogP contribution in [0.15, 0.2) is 29.3 Å². The predicted octanol–water partition coefficient (Wildman–Crippen LogP) is 3.54. The molecule has 1 heterocycles. The van der Waals surface area contributed by atoms with Crippen molar-refractivity contribution in [2.45, 2.75) is 32.2 Å². The fraction of sp³-hybridized carbons (Fsp3) is 0.650. The van der Waals surface area contributed by atoms with E-state index in [4.69, 9.17) is 26.1 Å². The number of nitrogens with one attached hydrogen (secondary N) is 2. The summed E-state index contributed by atoms with van der Waals surface area (Å²) < 4.78 is 10.4. The van der Waals surface area contributed by atoms with Crippen molar-refractivity contribution in [1.82, 2.24) is 10.6 Å². The maximum atomic E-state index is 6.12. The molecule has 6 nitrogen and oxygen atoms in total. The normalized spacial score (nSPS) is 16.8. The molecule has 2 rings (SSSR count). The summed E-state index contributed by atoms with van der Waals surface area (Å²) in [5, 5.41) is 7.69. The van der Waals surface area contributed by atoms with E-state index in [1.807, 2.05) is 18.2 Å². The van der Waals surface area contributed by atoms with Gasteiger partial charge in [-0.15, -0.1) is 24.0 Å². The number of rotatable bonds is 11. The van der Waals surface area contributed by atoms with Crippen molar-refractivity contribution in [2.75, 3.05) is 58.0 Å². The number of benzene rings is 1. The maximum Gasteiger partial charge on any atom is 0.191 e. The molecule has 0 spiro atoms. The van der Waals surface area contributed by atoms with Crippen molar-refractivity contribution >= 4 is 47.2 Å². The van der Waals surface area contributed by atoms with E-state index in [0.717, 1.165) is 63.0 Å². The molecular weight excluding hydrogens is 491 g/mol. The Labute approximate surface area is 191 Å². The third-order valence-electron chi connectivity index (χ3n) is 4.45. The molecule has 0 radical (unpaired) electrons. The summed E-state index contributed by atoms with van der Waals surface area (Å²) in [6.45, 7) is 7.81. The average molecular weight is 525 g/mol. The first-order valence-corrected chi connectivity index (χ1v) is 10.2. The Morgan fingerprint density at radius 2 is 2.14 bits per heavy atom. The van der Waals surface area contributed by atoms with Crippen LogP contribution in [0, 0.1) is 0 Å². The van der Waals surface area contributed by atoms with Crippen molar-refractivity contribution < 1.29 is 9.47 Å². The van der Waals surface area contributed by atoms with Gasteiger partial charge in [0.1, 0.15) is 0 Å². The SMILES string of the molecule is CCNC(=NCCCCOCCOC)NC1CCN(c2cccc(Cl)c2)C1.I. The first kappa shape index (κ1) is 25.3. The largest absolute Gasteiger partial charge is 0.382 e. The second-order valence-electron chi connectivity index (χ2n) is 6.63. The number of anilines is 1. The van der Waals surface area contributed by atoms with Crippen molar-refractivity contribution in [1.29, 1.82) is 0 Å². The van der Waals surface area contributed by atoms with Crippen LogP contribution in [0.4, 0.5) is 5.69 Å². The minimum absolute atomic E-state index is 0. The van der Waals surface area contributed by atoms with Crippen LogP contribution in [0.3, 0.4) is 0 Å². The monoisotopic (exact) mass is 524 g/mol. The molecule has 0 aliphatic carbocycles. The second-order valence-corrected chi connectivity index (χ2v) is 7.07. The Hall–Kier alpha value is -0.770. The number of methoxy groups -OCH3 is 1. The molecule has 0 amide bonds. The fourth-order valence-corrected chi connectivity index (χ4v) is 3.23. The molecule has 160 valence electrons. The molecule has 28 heavy (non-hydrogen) atoms. The smallest absolute Gasteiger partial charge is 0.191 e. The number of hydrogen-bond acceptors (Lipinski definition) is 4. The molecule has 1 fully saturated rings. The third-order valence-corrected chi connectivity index (χ3v) is 4.68. The second kappa shape index (κ2) is 15.1. The van der Waals surface area contributed by atoms with Crippen LogP contribution in [-0.2, 0) is 9.47 Å². The first-order chi connectivity index (χ1) is 13.2. The van der Waals surface area contributed by atoms with Crippen LogP contribution in [0.1, 0.15) is 26.2 Å². The lowest BCUT2D eigenvalue weighted by molar-refractivity contribution is 0.0690. The quantitative estimate of drug-likeness (QED) is 0.201. The molecule has 0 saturated carbocycles. The highest BCUT2D eigenvalue weighted by Crippen LogP contribution is 2.23. The number of halogens is 2. The number of unbranched alkanes of at least 4 members (excludes halogenated alkanes) is 1. The van der Waals surface area contributed by atoms with E-state index in [-0.39, 0.29) is 24.0 Å². The molecule has 1 aliphatic heterocycles. The summed E-state index contributed by atoms with van der Waals surface area (Å²) in [5.74, 6) is 0.899. The molecule has 1 unspecified atom stereocenters. The van der Waals surface area contributed by atoms with Gasteiger partial charge in [0, 0.05) is 56.6 Å². The van der Waals surface area contributed by atoms with Crippen molar-refractivity contribution in [3.05, 3.63) is 29.3 Å². The van der Waals surface area contributed by atoms with E-state index in [1.54, 1.807) is 7.11 Å². The van der Waals surface area contributed by atoms with Gasteiger partial charge in [0.2, 0.25) is 0 Å². The average Bonchev–Trinajstić information content (AvgIpc) is 3.12. The summed E-state index contributed by atoms with van der Waals surface area (Å²) in [6.07, 6.45) is 3.12. The molecule has 2 N–H and O–H groups in total. The van der Waals surface area contributed by atoms with Gasteiger partial charge in [0.15, 0.2) is 5.96 Å². The van der Waals surface area contributed by atoms with E-state index in [9.17, 15) is 0 Å². The van der Waals surface area contributed by atoms with Gasteiger partial charge in [-0.25, -0.2) is 0 Å². The molecule has 0 aromatic heterocycles.